The van der Waals surface area contributed by atoms with Gasteiger partial charge in [0.2, 0.25) is 5.91 Å². The molecule has 6 nitrogen and oxygen atoms in total. The van der Waals surface area contributed by atoms with Crippen LogP contribution >= 0.6 is 0 Å². The molecule has 31 heavy (non-hydrogen) atoms. The van der Waals surface area contributed by atoms with E-state index in [0.717, 1.165) is 28.7 Å². The molecule has 0 aliphatic rings. The molecule has 0 spiro atoms. The van der Waals surface area contributed by atoms with Gasteiger partial charge in [0.1, 0.15) is 5.75 Å². The Labute approximate surface area is 178 Å². The maximum absolute atomic E-state index is 12.5. The molecule has 0 bridgehead atoms. The zero-order valence-electron chi connectivity index (χ0n) is 17.9. The number of hydrogen-bond donors (Lipinski definition) is 1. The summed E-state index contributed by atoms with van der Waals surface area (Å²) in [4.78, 5) is 24.9. The number of nitrogens with zero attached hydrogens (tertiary/aromatic N) is 3. The van der Waals surface area contributed by atoms with Crippen molar-refractivity contribution < 1.29 is 24.1 Å². The van der Waals surface area contributed by atoms with E-state index in [1.807, 2.05) is 19.1 Å². The number of aromatic nitrogens is 3. The SMILES string of the molecule is [2H][C@](C)(NC(=O)Cc1ccc(-c2nccnc2C)cc1)c1ccc(OCC(F)(F)F)cn1. The first-order valence-corrected chi connectivity index (χ1v) is 9.37. The second-order valence-corrected chi connectivity index (χ2v) is 6.82. The van der Waals surface area contributed by atoms with Gasteiger partial charge in [0.15, 0.2) is 6.61 Å². The Morgan fingerprint density at radius 1 is 1.13 bits per heavy atom. The summed E-state index contributed by atoms with van der Waals surface area (Å²) < 4.78 is 49.7. The van der Waals surface area contributed by atoms with Gasteiger partial charge in [-0.1, -0.05) is 24.3 Å². The number of carbonyl (C=O) groups is 1. The highest BCUT2D eigenvalue weighted by Gasteiger charge is 2.28. The molecule has 9 heteroatoms. The summed E-state index contributed by atoms with van der Waals surface area (Å²) >= 11 is 0. The standard InChI is InChI=1S/C22H21F3N4O2/c1-14(19-8-7-18(12-28-19)31-13-22(23,24)25)29-20(30)11-16-3-5-17(6-4-16)21-15(2)26-9-10-27-21/h3-10,12,14H,11,13H2,1-2H3,(H,29,30)/t14-/m1/s1/i14D. The molecule has 0 saturated heterocycles. The molecule has 2 aromatic heterocycles. The molecule has 0 radical (unpaired) electrons. The van der Waals surface area contributed by atoms with Crippen molar-refractivity contribution >= 4 is 5.91 Å². The summed E-state index contributed by atoms with van der Waals surface area (Å²) in [5.41, 5.74) is 3.34. The molecule has 1 atom stereocenters. The number of halogens is 3. The van der Waals surface area contributed by atoms with Gasteiger partial charge < -0.3 is 10.1 Å². The predicted molar refractivity (Wildman–Crippen MR) is 108 cm³/mol. The van der Waals surface area contributed by atoms with Crippen molar-refractivity contribution in [2.75, 3.05) is 6.61 Å². The zero-order chi connectivity index (χ0) is 23.4. The smallest absolute Gasteiger partial charge is 0.422 e. The Hall–Kier alpha value is -3.49. The highest BCUT2D eigenvalue weighted by atomic mass is 19.4. The number of carbonyl (C=O) groups excluding carboxylic acids is 1. The first-order valence-electron chi connectivity index (χ1n) is 9.87. The Morgan fingerprint density at radius 2 is 1.84 bits per heavy atom. The summed E-state index contributed by atoms with van der Waals surface area (Å²) in [5, 5.41) is 2.57. The number of aryl methyl sites for hydroxylation is 1. The van der Waals surface area contributed by atoms with E-state index >= 15 is 0 Å². The first kappa shape index (κ1) is 20.8. The number of amides is 1. The van der Waals surface area contributed by atoms with Gasteiger partial charge >= 0.3 is 6.18 Å². The fourth-order valence-corrected chi connectivity index (χ4v) is 2.83. The minimum Gasteiger partial charge on any atom is -0.483 e. The Bertz CT molecular complexity index is 1070. The fraction of sp³-hybridized carbons (Fsp3) is 0.273. The predicted octanol–water partition coefficient (Wildman–Crippen LogP) is 4.21. The third-order valence-corrected chi connectivity index (χ3v) is 4.32. The molecule has 1 N–H and O–H groups in total. The van der Waals surface area contributed by atoms with Crippen LogP contribution in [0.3, 0.4) is 0 Å². The van der Waals surface area contributed by atoms with Crippen molar-refractivity contribution in [3.05, 3.63) is 71.9 Å². The lowest BCUT2D eigenvalue weighted by Gasteiger charge is -2.14. The number of alkyl halides is 3. The number of benzene rings is 1. The van der Waals surface area contributed by atoms with E-state index < -0.39 is 24.7 Å². The van der Waals surface area contributed by atoms with Gasteiger partial charge in [0.05, 0.1) is 37.1 Å². The van der Waals surface area contributed by atoms with Crippen molar-refractivity contribution in [3.63, 3.8) is 0 Å². The number of rotatable bonds is 7. The van der Waals surface area contributed by atoms with Crippen LogP contribution in [0.4, 0.5) is 13.2 Å². The van der Waals surface area contributed by atoms with E-state index in [-0.39, 0.29) is 17.9 Å². The van der Waals surface area contributed by atoms with Gasteiger partial charge in [-0.2, -0.15) is 13.2 Å². The van der Waals surface area contributed by atoms with Crippen LogP contribution in [0.5, 0.6) is 5.75 Å². The average Bonchev–Trinajstić information content (AvgIpc) is 2.73. The van der Waals surface area contributed by atoms with Crippen molar-refractivity contribution in [1.82, 2.24) is 20.3 Å². The third kappa shape index (κ3) is 6.50. The quantitative estimate of drug-likeness (QED) is 0.607. The lowest BCUT2D eigenvalue weighted by atomic mass is 10.1. The number of pyridine rings is 1. The number of ether oxygens (including phenoxy) is 1. The Kier molecular flexibility index (Phi) is 6.40. The fourth-order valence-electron chi connectivity index (χ4n) is 2.83. The highest BCUT2D eigenvalue weighted by Crippen LogP contribution is 2.21. The van der Waals surface area contributed by atoms with Crippen LogP contribution in [0.15, 0.2) is 55.0 Å². The van der Waals surface area contributed by atoms with Gasteiger partial charge in [-0.3, -0.25) is 19.7 Å². The van der Waals surface area contributed by atoms with Crippen molar-refractivity contribution in [3.8, 4) is 17.0 Å². The van der Waals surface area contributed by atoms with E-state index in [4.69, 9.17) is 1.37 Å². The van der Waals surface area contributed by atoms with Gasteiger partial charge in [0.25, 0.3) is 0 Å². The molecule has 0 saturated carbocycles. The average molecular weight is 431 g/mol. The number of nitrogens with one attached hydrogen (secondary N) is 1. The van der Waals surface area contributed by atoms with Gasteiger partial charge in [-0.25, -0.2) is 0 Å². The van der Waals surface area contributed by atoms with Crippen LogP contribution in [-0.2, 0) is 11.2 Å². The molecule has 0 unspecified atom stereocenters. The molecule has 3 rings (SSSR count). The molecule has 3 aromatic rings. The Morgan fingerprint density at radius 3 is 2.45 bits per heavy atom. The minimum absolute atomic E-state index is 0.0426. The summed E-state index contributed by atoms with van der Waals surface area (Å²) in [6.45, 7) is 1.86. The van der Waals surface area contributed by atoms with E-state index in [1.165, 1.54) is 19.1 Å². The molecular weight excluding hydrogens is 409 g/mol. The first-order chi connectivity index (χ1) is 15.0. The molecule has 1 aromatic carbocycles. The van der Waals surface area contributed by atoms with Crippen LogP contribution in [0.2, 0.25) is 0 Å². The monoisotopic (exact) mass is 431 g/mol. The number of hydrogen-bond acceptors (Lipinski definition) is 5. The van der Waals surface area contributed by atoms with E-state index in [1.54, 1.807) is 24.5 Å². The highest BCUT2D eigenvalue weighted by molar-refractivity contribution is 5.79. The molecule has 1 amide bonds. The van der Waals surface area contributed by atoms with Gasteiger partial charge in [-0.15, -0.1) is 0 Å². The van der Waals surface area contributed by atoms with E-state index in [2.05, 4.69) is 25.0 Å². The van der Waals surface area contributed by atoms with Crippen molar-refractivity contribution in [2.45, 2.75) is 32.5 Å². The summed E-state index contributed by atoms with van der Waals surface area (Å²) in [6.07, 6.45) is -0.0918. The Balaban J connectivity index is 1.60. The third-order valence-electron chi connectivity index (χ3n) is 4.32. The summed E-state index contributed by atoms with van der Waals surface area (Å²) in [6, 6.07) is 8.35. The van der Waals surface area contributed by atoms with Gasteiger partial charge in [0, 0.05) is 18.0 Å². The molecule has 0 fully saturated rings. The van der Waals surface area contributed by atoms with E-state index in [0.29, 0.717) is 0 Å². The summed E-state index contributed by atoms with van der Waals surface area (Å²) in [7, 11) is 0. The zero-order valence-corrected chi connectivity index (χ0v) is 16.9. The lowest BCUT2D eigenvalue weighted by Crippen LogP contribution is -2.28. The van der Waals surface area contributed by atoms with E-state index in [9.17, 15) is 18.0 Å². The second-order valence-electron chi connectivity index (χ2n) is 6.82. The maximum Gasteiger partial charge on any atom is 0.422 e. The van der Waals surface area contributed by atoms with Crippen LogP contribution in [0.1, 0.15) is 31.3 Å². The second kappa shape index (κ2) is 9.55. The molecular formula is C22H21F3N4O2. The van der Waals surface area contributed by atoms with Crippen LogP contribution in [-0.4, -0.2) is 33.6 Å². The largest absolute Gasteiger partial charge is 0.483 e. The topological polar surface area (TPSA) is 77.0 Å². The maximum atomic E-state index is 12.5. The van der Waals surface area contributed by atoms with Crippen LogP contribution in [0, 0.1) is 6.92 Å². The van der Waals surface area contributed by atoms with Crippen molar-refractivity contribution in [2.24, 2.45) is 0 Å². The normalized spacial score (nSPS) is 13.8. The van der Waals surface area contributed by atoms with Crippen molar-refractivity contribution in [1.29, 1.82) is 0 Å². The van der Waals surface area contributed by atoms with Crippen LogP contribution < -0.4 is 10.1 Å². The van der Waals surface area contributed by atoms with Crippen LogP contribution in [0.25, 0.3) is 11.3 Å². The molecule has 0 aliphatic heterocycles. The lowest BCUT2D eigenvalue weighted by molar-refractivity contribution is -0.153. The molecule has 0 aliphatic carbocycles. The minimum atomic E-state index is -4.46. The molecule has 2 heterocycles. The molecule has 162 valence electrons. The van der Waals surface area contributed by atoms with Gasteiger partial charge in [-0.05, 0) is 31.5 Å². The summed E-state index contributed by atoms with van der Waals surface area (Å²) in [5.74, 6) is -0.475.